The van der Waals surface area contributed by atoms with Gasteiger partial charge in [-0.2, -0.15) is 4.31 Å². The molecule has 2 fully saturated rings. The minimum Gasteiger partial charge on any atom is -0.375 e. The van der Waals surface area contributed by atoms with Crippen LogP contribution in [0.25, 0.3) is 0 Å². The molecule has 3 amide bonds. The lowest BCUT2D eigenvalue weighted by Crippen LogP contribution is -2.63. The number of hydrogen-bond donors (Lipinski definition) is 2. The number of methoxy groups -OCH3 is 1. The molecule has 0 aromatic carbocycles. The molecule has 0 saturated carbocycles. The molecule has 2 heterocycles. The van der Waals surface area contributed by atoms with Gasteiger partial charge in [-0.15, -0.1) is 0 Å². The second-order valence-corrected chi connectivity index (χ2v) is 8.13. The van der Waals surface area contributed by atoms with E-state index >= 15 is 0 Å². The number of piperazine rings is 1. The van der Waals surface area contributed by atoms with Gasteiger partial charge < -0.3 is 20.3 Å². The fourth-order valence-electron chi connectivity index (χ4n) is 2.97. The Hall–Kier alpha value is -1.72. The number of rotatable bonds is 5. The molecule has 0 radical (unpaired) electrons. The van der Waals surface area contributed by atoms with Crippen molar-refractivity contribution in [1.29, 1.82) is 0 Å². The van der Waals surface area contributed by atoms with Crippen LogP contribution < -0.4 is 10.6 Å². The average molecular weight is 376 g/mol. The van der Waals surface area contributed by atoms with Crippen molar-refractivity contribution in [2.24, 2.45) is 0 Å². The molecule has 10 nitrogen and oxygen atoms in total. The Bertz CT molecular complexity index is 637. The highest BCUT2D eigenvalue weighted by atomic mass is 32.2. The number of sulfonamides is 1. The van der Waals surface area contributed by atoms with Crippen molar-refractivity contribution < 1.29 is 27.5 Å². The quantitative estimate of drug-likeness (QED) is 0.546. The van der Waals surface area contributed by atoms with Gasteiger partial charge in [-0.05, 0) is 12.8 Å². The lowest BCUT2D eigenvalue weighted by Gasteiger charge is -2.40. The summed E-state index contributed by atoms with van der Waals surface area (Å²) < 4.78 is 29.6. The van der Waals surface area contributed by atoms with Crippen molar-refractivity contribution in [1.82, 2.24) is 19.8 Å². The Labute approximate surface area is 146 Å². The van der Waals surface area contributed by atoms with Crippen LogP contribution in [0.1, 0.15) is 12.8 Å². The lowest BCUT2D eigenvalue weighted by atomic mass is 10.1. The molecular weight excluding hydrogens is 352 g/mol. The van der Waals surface area contributed by atoms with Gasteiger partial charge in [0.25, 0.3) is 0 Å². The Morgan fingerprint density at radius 1 is 1.36 bits per heavy atom. The molecule has 0 aliphatic carbocycles. The van der Waals surface area contributed by atoms with E-state index in [1.165, 1.54) is 12.0 Å². The van der Waals surface area contributed by atoms with E-state index in [9.17, 15) is 22.8 Å². The average Bonchev–Trinajstić information content (AvgIpc) is 2.55. The molecule has 2 saturated heterocycles. The minimum absolute atomic E-state index is 0.0875. The van der Waals surface area contributed by atoms with Crippen molar-refractivity contribution in [2.75, 3.05) is 46.2 Å². The van der Waals surface area contributed by atoms with E-state index in [1.807, 2.05) is 0 Å². The summed E-state index contributed by atoms with van der Waals surface area (Å²) in [6, 6.07) is -1.67. The molecule has 142 valence electrons. The summed E-state index contributed by atoms with van der Waals surface area (Å²) in [7, 11) is -2.13. The highest BCUT2D eigenvalue weighted by Crippen LogP contribution is 2.15. The third-order valence-electron chi connectivity index (χ3n) is 4.30. The first-order valence-corrected chi connectivity index (χ1v) is 9.90. The highest BCUT2D eigenvalue weighted by molar-refractivity contribution is 7.88. The first kappa shape index (κ1) is 19.6. The molecule has 0 aromatic heterocycles. The maximum atomic E-state index is 12.7. The first-order valence-electron chi connectivity index (χ1n) is 8.05. The normalized spacial score (nSPS) is 25.4. The Kier molecular flexibility index (Phi) is 6.36. The predicted octanol–water partition coefficient (Wildman–Crippen LogP) is -2.50. The van der Waals surface area contributed by atoms with Crippen LogP contribution in [0.4, 0.5) is 0 Å². The fraction of sp³-hybridized carbons (Fsp3) is 0.786. The summed E-state index contributed by atoms with van der Waals surface area (Å²) in [5.74, 6) is -1.21. The van der Waals surface area contributed by atoms with Gasteiger partial charge in [0, 0.05) is 33.3 Å². The zero-order valence-corrected chi connectivity index (χ0v) is 15.2. The Morgan fingerprint density at radius 3 is 2.68 bits per heavy atom. The van der Waals surface area contributed by atoms with E-state index in [2.05, 4.69) is 10.6 Å². The summed E-state index contributed by atoms with van der Waals surface area (Å²) in [5, 5.41) is 5.30. The number of piperidine rings is 1. The molecule has 0 aromatic rings. The number of ether oxygens (including phenoxy) is 1. The Balaban J connectivity index is 2.14. The molecule has 2 N–H and O–H groups in total. The molecule has 2 aliphatic rings. The molecule has 11 heteroatoms. The van der Waals surface area contributed by atoms with Gasteiger partial charge in [0.05, 0.1) is 6.26 Å². The third-order valence-corrected chi connectivity index (χ3v) is 5.57. The van der Waals surface area contributed by atoms with Crippen LogP contribution in [-0.4, -0.2) is 93.6 Å². The van der Waals surface area contributed by atoms with Crippen LogP contribution in [0.15, 0.2) is 0 Å². The van der Waals surface area contributed by atoms with Gasteiger partial charge in [0.15, 0.2) is 0 Å². The maximum absolute atomic E-state index is 12.7. The summed E-state index contributed by atoms with van der Waals surface area (Å²) in [6.45, 7) is 0.419. The van der Waals surface area contributed by atoms with E-state index in [4.69, 9.17) is 4.74 Å². The number of carbonyl (C=O) groups is 3. The van der Waals surface area contributed by atoms with Crippen molar-refractivity contribution in [2.45, 2.75) is 24.9 Å². The van der Waals surface area contributed by atoms with Gasteiger partial charge in [-0.1, -0.05) is 0 Å². The number of carbonyl (C=O) groups excluding carboxylic acids is 3. The van der Waals surface area contributed by atoms with Gasteiger partial charge in [-0.25, -0.2) is 8.42 Å². The van der Waals surface area contributed by atoms with Crippen LogP contribution in [0.3, 0.4) is 0 Å². The largest absolute Gasteiger partial charge is 0.375 e. The van der Waals surface area contributed by atoms with E-state index in [0.29, 0.717) is 13.0 Å². The standard InChI is InChI=1S/C14H24N4O6S/c1-24-9-12(19)18-7-6-17(25(2,22)23)8-11(18)14(21)16-10-4-3-5-15-13(10)20/h10-11H,3-9H2,1-2H3,(H,15,20)(H,16,21)/t10-,11-/m0/s1. The third kappa shape index (κ3) is 4.89. The summed E-state index contributed by atoms with van der Waals surface area (Å²) >= 11 is 0. The van der Waals surface area contributed by atoms with Gasteiger partial charge in [0.2, 0.25) is 27.7 Å². The number of hydrogen-bond acceptors (Lipinski definition) is 6. The number of nitrogens with one attached hydrogen (secondary N) is 2. The van der Waals surface area contributed by atoms with E-state index in [-0.39, 0.29) is 32.1 Å². The fourth-order valence-corrected chi connectivity index (χ4v) is 3.79. The molecule has 0 unspecified atom stereocenters. The van der Waals surface area contributed by atoms with Crippen LogP contribution in [0.2, 0.25) is 0 Å². The van der Waals surface area contributed by atoms with Crippen LogP contribution in [-0.2, 0) is 29.1 Å². The number of amides is 3. The Morgan fingerprint density at radius 2 is 2.08 bits per heavy atom. The predicted molar refractivity (Wildman–Crippen MR) is 88.0 cm³/mol. The summed E-state index contributed by atoms with van der Waals surface area (Å²) in [5.41, 5.74) is 0. The molecular formula is C14H24N4O6S. The molecule has 0 spiro atoms. The second-order valence-electron chi connectivity index (χ2n) is 6.15. The minimum atomic E-state index is -3.49. The van der Waals surface area contributed by atoms with Gasteiger partial charge in [0.1, 0.15) is 18.7 Å². The first-order chi connectivity index (χ1) is 11.7. The van der Waals surface area contributed by atoms with Crippen LogP contribution >= 0.6 is 0 Å². The molecule has 25 heavy (non-hydrogen) atoms. The smallest absolute Gasteiger partial charge is 0.249 e. The number of nitrogens with zero attached hydrogens (tertiary/aromatic N) is 2. The summed E-state index contributed by atoms with van der Waals surface area (Å²) in [4.78, 5) is 38.0. The molecule has 2 atom stereocenters. The topological polar surface area (TPSA) is 125 Å². The summed E-state index contributed by atoms with van der Waals surface area (Å²) in [6.07, 6.45) is 2.30. The van der Waals surface area contributed by atoms with Crippen molar-refractivity contribution >= 4 is 27.7 Å². The zero-order chi connectivity index (χ0) is 18.6. The van der Waals surface area contributed by atoms with Gasteiger partial charge >= 0.3 is 0 Å². The second kappa shape index (κ2) is 8.11. The van der Waals surface area contributed by atoms with Crippen LogP contribution in [0, 0.1) is 0 Å². The van der Waals surface area contributed by atoms with E-state index in [1.54, 1.807) is 0 Å². The molecule has 2 aliphatic heterocycles. The van der Waals surface area contributed by atoms with Crippen molar-refractivity contribution in [3.8, 4) is 0 Å². The molecule has 0 bridgehead atoms. The lowest BCUT2D eigenvalue weighted by molar-refractivity contribution is -0.146. The van der Waals surface area contributed by atoms with Gasteiger partial charge in [-0.3, -0.25) is 14.4 Å². The molecule has 2 rings (SSSR count). The van der Waals surface area contributed by atoms with E-state index < -0.39 is 33.9 Å². The highest BCUT2D eigenvalue weighted by Gasteiger charge is 2.39. The SMILES string of the molecule is COCC(=O)N1CCN(S(C)(=O)=O)C[C@H]1C(=O)N[C@H]1CCCNC1=O. The zero-order valence-electron chi connectivity index (χ0n) is 14.4. The maximum Gasteiger partial charge on any atom is 0.249 e. The van der Waals surface area contributed by atoms with Crippen molar-refractivity contribution in [3.63, 3.8) is 0 Å². The monoisotopic (exact) mass is 376 g/mol. The van der Waals surface area contributed by atoms with Crippen LogP contribution in [0.5, 0.6) is 0 Å². The van der Waals surface area contributed by atoms with Crippen molar-refractivity contribution in [3.05, 3.63) is 0 Å². The van der Waals surface area contributed by atoms with E-state index in [0.717, 1.165) is 17.0 Å².